The average Bonchev–Trinajstić information content (AvgIpc) is 3.33. The summed E-state index contributed by atoms with van der Waals surface area (Å²) in [4.78, 5) is 38.6. The van der Waals surface area contributed by atoms with Crippen LogP contribution in [0.3, 0.4) is 0 Å². The number of alkyl carbamates (subject to hydrolysis) is 1. The highest BCUT2D eigenvalue weighted by molar-refractivity contribution is 5.98. The maximum Gasteiger partial charge on any atom is 0.411 e. The number of rotatable bonds is 10. The van der Waals surface area contributed by atoms with Crippen molar-refractivity contribution in [3.8, 4) is 11.1 Å². The highest BCUT2D eigenvalue weighted by Gasteiger charge is 2.29. The number of nitrogens with one attached hydrogen (secondary N) is 2. The summed E-state index contributed by atoms with van der Waals surface area (Å²) in [5.74, 6) is -1.43. The highest BCUT2D eigenvalue weighted by atomic mass is 16.5. The largest absolute Gasteiger partial charge is 0.459 e. The van der Waals surface area contributed by atoms with E-state index in [2.05, 4.69) is 29.3 Å². The van der Waals surface area contributed by atoms with E-state index in [9.17, 15) is 14.4 Å². The van der Waals surface area contributed by atoms with Crippen LogP contribution in [0.2, 0.25) is 0 Å². The first kappa shape index (κ1) is 27.4. The molecule has 5 rings (SSSR count). The lowest BCUT2D eigenvalue weighted by molar-refractivity contribution is -0.148. The molecule has 0 saturated carbocycles. The van der Waals surface area contributed by atoms with Gasteiger partial charge in [0.25, 0.3) is 5.91 Å². The monoisotopic (exact) mass is 546 g/mol. The Kier molecular flexibility index (Phi) is 8.55. The van der Waals surface area contributed by atoms with E-state index in [-0.39, 0.29) is 31.2 Å². The minimum atomic E-state index is -0.991. The van der Waals surface area contributed by atoms with Crippen molar-refractivity contribution in [2.75, 3.05) is 6.61 Å². The molecule has 41 heavy (non-hydrogen) atoms. The van der Waals surface area contributed by atoms with Crippen LogP contribution in [0, 0.1) is 0 Å². The van der Waals surface area contributed by atoms with Gasteiger partial charge in [-0.3, -0.25) is 10.1 Å². The van der Waals surface area contributed by atoms with Crippen LogP contribution in [0.15, 0.2) is 121 Å². The fourth-order valence-corrected chi connectivity index (χ4v) is 4.93. The fraction of sp³-hybridized carbons (Fsp3) is 0.147. The minimum absolute atomic E-state index is 0.0692. The number of hydrogen-bond acceptors (Lipinski definition) is 5. The van der Waals surface area contributed by atoms with Gasteiger partial charge in [-0.2, -0.15) is 0 Å². The number of benzene rings is 4. The Hall–Kier alpha value is -5.17. The standard InChI is InChI=1S/C34H30N2O5/c1-23(35-34(39)41-22-30-28-18-10-8-16-26(28)27-17-9-11-19-29(27)30)32(37)36-31(20-24-12-4-2-5-13-24)33(38)40-21-25-14-6-3-7-15-25/h2-19,30-31H,1,20-22H2,(H,35,39)(H,36,37)/t31-/m0/s1. The van der Waals surface area contributed by atoms with Gasteiger partial charge in [0.1, 0.15) is 25.0 Å². The van der Waals surface area contributed by atoms with E-state index in [4.69, 9.17) is 9.47 Å². The van der Waals surface area contributed by atoms with Gasteiger partial charge >= 0.3 is 12.1 Å². The summed E-state index contributed by atoms with van der Waals surface area (Å²) in [5, 5.41) is 5.04. The van der Waals surface area contributed by atoms with E-state index < -0.39 is 24.0 Å². The second-order valence-corrected chi connectivity index (χ2v) is 9.74. The van der Waals surface area contributed by atoms with Gasteiger partial charge in [-0.15, -0.1) is 0 Å². The molecule has 0 radical (unpaired) electrons. The third-order valence-electron chi connectivity index (χ3n) is 6.97. The molecule has 0 heterocycles. The number of hydrogen-bond donors (Lipinski definition) is 2. The zero-order chi connectivity index (χ0) is 28.6. The van der Waals surface area contributed by atoms with Crippen LogP contribution in [0.25, 0.3) is 11.1 Å². The van der Waals surface area contributed by atoms with E-state index in [1.807, 2.05) is 97.1 Å². The summed E-state index contributed by atoms with van der Waals surface area (Å²) >= 11 is 0. The first-order chi connectivity index (χ1) is 20.0. The molecular weight excluding hydrogens is 516 g/mol. The Labute approximate surface area is 238 Å². The lowest BCUT2D eigenvalue weighted by Crippen LogP contribution is -2.46. The summed E-state index contributed by atoms with van der Waals surface area (Å²) < 4.78 is 11.0. The molecule has 4 aromatic rings. The summed E-state index contributed by atoms with van der Waals surface area (Å²) in [6.45, 7) is 3.85. The lowest BCUT2D eigenvalue weighted by atomic mass is 9.98. The SMILES string of the molecule is C=C(NC(=O)OCC1c2ccccc2-c2ccccc21)C(=O)N[C@@H](Cc1ccccc1)C(=O)OCc1ccccc1. The molecule has 0 unspecified atom stereocenters. The van der Waals surface area contributed by atoms with E-state index >= 15 is 0 Å². The quantitative estimate of drug-likeness (QED) is 0.202. The molecule has 1 aliphatic carbocycles. The highest BCUT2D eigenvalue weighted by Crippen LogP contribution is 2.44. The maximum atomic E-state index is 13.0. The van der Waals surface area contributed by atoms with Gasteiger partial charge in [0.15, 0.2) is 0 Å². The molecule has 7 nitrogen and oxygen atoms in total. The molecule has 1 aliphatic rings. The zero-order valence-electron chi connectivity index (χ0n) is 22.4. The van der Waals surface area contributed by atoms with Gasteiger partial charge in [0.2, 0.25) is 0 Å². The van der Waals surface area contributed by atoms with Crippen molar-refractivity contribution in [3.05, 3.63) is 144 Å². The molecule has 206 valence electrons. The molecule has 4 aromatic carbocycles. The van der Waals surface area contributed by atoms with Crippen LogP contribution in [-0.2, 0) is 32.1 Å². The second kappa shape index (κ2) is 12.8. The molecule has 2 N–H and O–H groups in total. The van der Waals surface area contributed by atoms with Gasteiger partial charge in [0.05, 0.1) is 0 Å². The third kappa shape index (κ3) is 6.70. The van der Waals surface area contributed by atoms with E-state index in [0.717, 1.165) is 33.4 Å². The first-order valence-electron chi connectivity index (χ1n) is 13.4. The number of carbonyl (C=O) groups excluding carboxylic acids is 3. The van der Waals surface area contributed by atoms with Crippen LogP contribution in [-0.4, -0.2) is 30.6 Å². The molecule has 1 atom stereocenters. The smallest absolute Gasteiger partial charge is 0.411 e. The van der Waals surface area contributed by atoms with Crippen molar-refractivity contribution in [3.63, 3.8) is 0 Å². The topological polar surface area (TPSA) is 93.7 Å². The van der Waals surface area contributed by atoms with Crippen LogP contribution < -0.4 is 10.6 Å². The normalized spacial score (nSPS) is 12.4. The van der Waals surface area contributed by atoms with Crippen LogP contribution in [0.1, 0.15) is 28.2 Å². The van der Waals surface area contributed by atoms with Crippen molar-refractivity contribution < 1.29 is 23.9 Å². The first-order valence-corrected chi connectivity index (χ1v) is 13.4. The zero-order valence-corrected chi connectivity index (χ0v) is 22.4. The third-order valence-corrected chi connectivity index (χ3v) is 6.97. The second-order valence-electron chi connectivity index (χ2n) is 9.74. The Bertz CT molecular complexity index is 1510. The minimum Gasteiger partial charge on any atom is -0.459 e. The van der Waals surface area contributed by atoms with Crippen LogP contribution >= 0.6 is 0 Å². The predicted molar refractivity (Wildman–Crippen MR) is 156 cm³/mol. The molecule has 0 bridgehead atoms. The van der Waals surface area contributed by atoms with Crippen LogP contribution in [0.4, 0.5) is 4.79 Å². The van der Waals surface area contributed by atoms with Gasteiger partial charge in [-0.1, -0.05) is 116 Å². The Morgan fingerprint density at radius 3 is 1.85 bits per heavy atom. The van der Waals surface area contributed by atoms with Crippen molar-refractivity contribution in [1.82, 2.24) is 10.6 Å². The van der Waals surface area contributed by atoms with Gasteiger partial charge < -0.3 is 14.8 Å². The molecule has 7 heteroatoms. The van der Waals surface area contributed by atoms with Gasteiger partial charge in [0, 0.05) is 12.3 Å². The Balaban J connectivity index is 1.18. The number of amides is 2. The molecule has 2 amide bonds. The van der Waals surface area contributed by atoms with Gasteiger partial charge in [-0.25, -0.2) is 9.59 Å². The summed E-state index contributed by atoms with van der Waals surface area (Å²) in [5.41, 5.74) is 5.81. The summed E-state index contributed by atoms with van der Waals surface area (Å²) in [6.07, 6.45) is -0.600. The van der Waals surface area contributed by atoms with E-state index in [1.54, 1.807) is 0 Å². The predicted octanol–water partition coefficient (Wildman–Crippen LogP) is 5.51. The number of esters is 1. The summed E-state index contributed by atoms with van der Waals surface area (Å²) in [6, 6.07) is 33.6. The molecule has 0 aliphatic heterocycles. The fourth-order valence-electron chi connectivity index (χ4n) is 4.93. The van der Waals surface area contributed by atoms with E-state index in [0.29, 0.717) is 0 Å². The molecule has 0 saturated heterocycles. The molecule has 0 spiro atoms. The molecule has 0 aromatic heterocycles. The Morgan fingerprint density at radius 2 is 1.24 bits per heavy atom. The lowest BCUT2D eigenvalue weighted by Gasteiger charge is -2.19. The van der Waals surface area contributed by atoms with E-state index in [1.165, 1.54) is 0 Å². The number of fused-ring (bicyclic) bond motifs is 3. The van der Waals surface area contributed by atoms with Crippen LogP contribution in [0.5, 0.6) is 0 Å². The van der Waals surface area contributed by atoms with Crippen molar-refractivity contribution in [2.24, 2.45) is 0 Å². The van der Waals surface area contributed by atoms with Crippen molar-refractivity contribution in [2.45, 2.75) is 25.0 Å². The molecule has 0 fully saturated rings. The van der Waals surface area contributed by atoms with Crippen molar-refractivity contribution >= 4 is 18.0 Å². The number of carbonyl (C=O) groups is 3. The van der Waals surface area contributed by atoms with Crippen molar-refractivity contribution in [1.29, 1.82) is 0 Å². The maximum absolute atomic E-state index is 13.0. The molecular formula is C34H30N2O5. The van der Waals surface area contributed by atoms with Gasteiger partial charge in [-0.05, 0) is 33.4 Å². The average molecular weight is 547 g/mol. The summed E-state index contributed by atoms with van der Waals surface area (Å²) in [7, 11) is 0. The Morgan fingerprint density at radius 1 is 0.707 bits per heavy atom. The number of ether oxygens (including phenoxy) is 2.